The quantitative estimate of drug-likeness (QED) is 0.436. The van der Waals surface area contributed by atoms with Gasteiger partial charge in [-0.3, -0.25) is 4.79 Å². The molecular formula is C30H48O3. The Balaban J connectivity index is 1.57. The van der Waals surface area contributed by atoms with Gasteiger partial charge in [-0.25, -0.2) is 0 Å². The van der Waals surface area contributed by atoms with E-state index in [1.807, 2.05) is 0 Å². The summed E-state index contributed by atoms with van der Waals surface area (Å²) in [5.74, 6) is 1.79. The van der Waals surface area contributed by atoms with Crippen molar-refractivity contribution in [3.05, 3.63) is 12.2 Å². The molecule has 10 atom stereocenters. The number of hydrogen-bond donors (Lipinski definition) is 2. The number of aliphatic carboxylic acids is 1. The minimum Gasteiger partial charge on any atom is -0.481 e. The van der Waals surface area contributed by atoms with Crippen molar-refractivity contribution in [2.24, 2.45) is 56.7 Å². The molecule has 5 aliphatic rings. The summed E-state index contributed by atoms with van der Waals surface area (Å²) in [6, 6.07) is 0. The largest absolute Gasteiger partial charge is 0.481 e. The number of fused-ring (bicyclic) bond motifs is 7. The molecule has 5 aliphatic carbocycles. The molecule has 0 amide bonds. The molecule has 0 radical (unpaired) electrons. The summed E-state index contributed by atoms with van der Waals surface area (Å²) in [6.45, 7) is 18.8. The number of carboxylic acid groups (broad SMARTS) is 1. The van der Waals surface area contributed by atoms with Crippen LogP contribution in [0.15, 0.2) is 12.2 Å². The van der Waals surface area contributed by atoms with Crippen molar-refractivity contribution < 1.29 is 15.0 Å². The molecule has 5 fully saturated rings. The highest BCUT2D eigenvalue weighted by atomic mass is 16.4. The molecule has 3 heteroatoms. The minimum atomic E-state index is -0.538. The molecule has 0 saturated heterocycles. The predicted octanol–water partition coefficient (Wildman–Crippen LogP) is 7.09. The van der Waals surface area contributed by atoms with Crippen LogP contribution in [0.25, 0.3) is 0 Å². The van der Waals surface area contributed by atoms with Crippen LogP contribution in [-0.4, -0.2) is 22.3 Å². The summed E-state index contributed by atoms with van der Waals surface area (Å²) in [5.41, 5.74) is 1.35. The molecule has 5 rings (SSSR count). The van der Waals surface area contributed by atoms with Crippen LogP contribution in [0, 0.1) is 56.7 Å². The van der Waals surface area contributed by atoms with E-state index < -0.39 is 11.4 Å². The third-order valence-electron chi connectivity index (χ3n) is 13.5. The molecule has 2 N–H and O–H groups in total. The number of hydrogen-bond acceptors (Lipinski definition) is 2. The second-order valence-electron chi connectivity index (χ2n) is 14.5. The Hall–Kier alpha value is -0.830. The van der Waals surface area contributed by atoms with Crippen LogP contribution < -0.4 is 0 Å². The lowest BCUT2D eigenvalue weighted by Crippen LogP contribution is -2.67. The first-order valence-corrected chi connectivity index (χ1v) is 13.8. The molecule has 0 aromatic heterocycles. The summed E-state index contributed by atoms with van der Waals surface area (Å²) >= 11 is 0. The molecule has 2 unspecified atom stereocenters. The molecule has 0 bridgehead atoms. The average molecular weight is 457 g/mol. The van der Waals surface area contributed by atoms with E-state index >= 15 is 0 Å². The SMILES string of the molecule is C=C(C)[C@@H]1CC[C@]2(C(=O)O)CC[C@]3(C)C(CC[C@@H]4[C@@]5(C)CC[C@H](O)C(C)(C)[C@@H]5CC[C@]43C)C12. The Morgan fingerprint density at radius 3 is 2.15 bits per heavy atom. The normalized spacial score (nSPS) is 55.0. The number of carbonyl (C=O) groups is 1. The summed E-state index contributed by atoms with van der Waals surface area (Å²) < 4.78 is 0. The van der Waals surface area contributed by atoms with Crippen molar-refractivity contribution >= 4 is 5.97 Å². The Labute approximate surface area is 201 Å². The summed E-state index contributed by atoms with van der Waals surface area (Å²) in [4.78, 5) is 12.8. The maximum absolute atomic E-state index is 12.8. The van der Waals surface area contributed by atoms with Gasteiger partial charge >= 0.3 is 5.97 Å². The van der Waals surface area contributed by atoms with E-state index in [2.05, 4.69) is 48.1 Å². The zero-order valence-corrected chi connectivity index (χ0v) is 22.0. The van der Waals surface area contributed by atoms with Crippen LogP contribution in [0.4, 0.5) is 0 Å². The van der Waals surface area contributed by atoms with Crippen LogP contribution in [0.1, 0.15) is 106 Å². The van der Waals surface area contributed by atoms with Crippen molar-refractivity contribution in [2.45, 2.75) is 112 Å². The second-order valence-corrected chi connectivity index (χ2v) is 14.5. The number of carboxylic acids is 1. The van der Waals surface area contributed by atoms with Gasteiger partial charge in [0, 0.05) is 0 Å². The van der Waals surface area contributed by atoms with Crippen LogP contribution >= 0.6 is 0 Å². The zero-order chi connectivity index (χ0) is 24.2. The summed E-state index contributed by atoms with van der Waals surface area (Å²) in [7, 11) is 0. The number of allylic oxidation sites excluding steroid dienone is 1. The van der Waals surface area contributed by atoms with Gasteiger partial charge in [0.05, 0.1) is 11.5 Å². The molecule has 0 aliphatic heterocycles. The zero-order valence-electron chi connectivity index (χ0n) is 22.0. The van der Waals surface area contributed by atoms with Crippen molar-refractivity contribution in [3.8, 4) is 0 Å². The van der Waals surface area contributed by atoms with Gasteiger partial charge in [0.2, 0.25) is 0 Å². The van der Waals surface area contributed by atoms with Gasteiger partial charge in [-0.05, 0) is 122 Å². The third kappa shape index (κ3) is 2.75. The summed E-state index contributed by atoms with van der Waals surface area (Å²) in [6.07, 6.45) is 10.5. The fraction of sp³-hybridized carbons (Fsp3) is 0.900. The van der Waals surface area contributed by atoms with Gasteiger partial charge < -0.3 is 10.2 Å². The van der Waals surface area contributed by atoms with Crippen LogP contribution in [-0.2, 0) is 4.79 Å². The predicted molar refractivity (Wildman–Crippen MR) is 133 cm³/mol. The van der Waals surface area contributed by atoms with Crippen LogP contribution in [0.3, 0.4) is 0 Å². The van der Waals surface area contributed by atoms with Crippen LogP contribution in [0.2, 0.25) is 0 Å². The van der Waals surface area contributed by atoms with E-state index in [0.717, 1.165) is 38.5 Å². The molecular weight excluding hydrogens is 408 g/mol. The Bertz CT molecular complexity index is 861. The van der Waals surface area contributed by atoms with Crippen molar-refractivity contribution in [1.29, 1.82) is 0 Å². The highest BCUT2D eigenvalue weighted by Gasteiger charge is 2.71. The van der Waals surface area contributed by atoms with E-state index in [1.54, 1.807) is 0 Å². The third-order valence-corrected chi connectivity index (χ3v) is 13.5. The van der Waals surface area contributed by atoms with Gasteiger partial charge in [0.15, 0.2) is 0 Å². The summed E-state index contributed by atoms with van der Waals surface area (Å²) in [5, 5.41) is 21.4. The van der Waals surface area contributed by atoms with Gasteiger partial charge in [0.1, 0.15) is 0 Å². The second kappa shape index (κ2) is 7.11. The average Bonchev–Trinajstić information content (AvgIpc) is 3.13. The van der Waals surface area contributed by atoms with Gasteiger partial charge in [-0.1, -0.05) is 46.8 Å². The Morgan fingerprint density at radius 2 is 1.52 bits per heavy atom. The topological polar surface area (TPSA) is 57.5 Å². The maximum Gasteiger partial charge on any atom is 0.309 e. The fourth-order valence-electron chi connectivity index (χ4n) is 11.5. The van der Waals surface area contributed by atoms with Crippen molar-refractivity contribution in [1.82, 2.24) is 0 Å². The van der Waals surface area contributed by atoms with Crippen molar-refractivity contribution in [2.75, 3.05) is 0 Å². The smallest absolute Gasteiger partial charge is 0.309 e. The molecule has 33 heavy (non-hydrogen) atoms. The van der Waals surface area contributed by atoms with Gasteiger partial charge in [-0.2, -0.15) is 0 Å². The minimum absolute atomic E-state index is 0.0202. The first-order chi connectivity index (χ1) is 15.3. The lowest BCUT2D eigenvalue weighted by molar-refractivity contribution is -0.248. The molecule has 5 saturated carbocycles. The maximum atomic E-state index is 12.8. The van der Waals surface area contributed by atoms with Gasteiger partial charge in [-0.15, -0.1) is 0 Å². The monoisotopic (exact) mass is 456 g/mol. The molecule has 0 aromatic rings. The number of aliphatic hydroxyl groups excluding tert-OH is 1. The Morgan fingerprint density at radius 1 is 0.818 bits per heavy atom. The molecule has 186 valence electrons. The van der Waals surface area contributed by atoms with Gasteiger partial charge in [0.25, 0.3) is 0 Å². The molecule has 0 aromatic carbocycles. The first-order valence-electron chi connectivity index (χ1n) is 13.8. The number of rotatable bonds is 2. The Kier molecular flexibility index (Phi) is 5.15. The van der Waals surface area contributed by atoms with Crippen LogP contribution in [0.5, 0.6) is 0 Å². The molecule has 0 spiro atoms. The fourth-order valence-corrected chi connectivity index (χ4v) is 11.5. The highest BCUT2D eigenvalue weighted by Crippen LogP contribution is 2.77. The molecule has 0 heterocycles. The highest BCUT2D eigenvalue weighted by molar-refractivity contribution is 5.76. The molecule has 3 nitrogen and oxygen atoms in total. The van der Waals surface area contributed by atoms with Crippen molar-refractivity contribution in [3.63, 3.8) is 0 Å². The van der Waals surface area contributed by atoms with E-state index in [0.29, 0.717) is 23.7 Å². The van der Waals surface area contributed by atoms with E-state index in [9.17, 15) is 15.0 Å². The standard InChI is InChI=1S/C30H48O3/c1-18(2)19-10-15-30(25(32)33)17-16-28(6)20(24(19)30)8-9-22-27(5)13-12-23(31)26(3,4)21(27)11-14-29(22,28)7/h19-24,31H,1,8-17H2,2-7H3,(H,32,33)/t19-,20?,21-,22+,23-,24?,27-,28+,29+,30-/m0/s1. The van der Waals surface area contributed by atoms with E-state index in [-0.39, 0.29) is 33.7 Å². The lowest BCUT2D eigenvalue weighted by atomic mass is 9.32. The van der Waals surface area contributed by atoms with E-state index in [4.69, 9.17) is 0 Å². The first kappa shape index (κ1) is 23.9. The lowest BCUT2D eigenvalue weighted by Gasteiger charge is -2.72. The number of aliphatic hydroxyl groups is 1. The van der Waals surface area contributed by atoms with E-state index in [1.165, 1.54) is 31.3 Å².